The maximum Gasteiger partial charge on any atom is 0.180 e. The molecule has 0 radical (unpaired) electrons. The molecule has 8 heteroatoms. The summed E-state index contributed by atoms with van der Waals surface area (Å²) in [5, 5.41) is 8.97. The summed E-state index contributed by atoms with van der Waals surface area (Å²) in [4.78, 5) is 9.11. The van der Waals surface area contributed by atoms with Crippen LogP contribution in [-0.4, -0.2) is 29.0 Å². The SMILES string of the molecule is Cc1ccc(S(C)(=O)=O)cc1-c1cnc2c(N)nc(-c3cccc(CC#N)c3)cn12. The molecule has 4 aromatic rings. The highest BCUT2D eigenvalue weighted by Gasteiger charge is 2.16. The van der Waals surface area contributed by atoms with Gasteiger partial charge in [-0.15, -0.1) is 0 Å². The number of fused-ring (bicyclic) bond motifs is 1. The molecule has 0 aliphatic heterocycles. The average Bonchev–Trinajstić information content (AvgIpc) is 3.12. The Morgan fingerprint density at radius 3 is 2.73 bits per heavy atom. The summed E-state index contributed by atoms with van der Waals surface area (Å²) in [5.74, 6) is 0.265. The minimum atomic E-state index is -3.35. The fourth-order valence-corrected chi connectivity index (χ4v) is 4.04. The number of hydrogen-bond donors (Lipinski definition) is 1. The van der Waals surface area contributed by atoms with Gasteiger partial charge in [-0.3, -0.25) is 4.40 Å². The molecule has 0 saturated heterocycles. The van der Waals surface area contributed by atoms with E-state index in [1.54, 1.807) is 24.4 Å². The van der Waals surface area contributed by atoms with E-state index < -0.39 is 9.84 Å². The number of benzene rings is 2. The van der Waals surface area contributed by atoms with E-state index in [1.165, 1.54) is 6.26 Å². The molecule has 2 heterocycles. The van der Waals surface area contributed by atoms with Crippen LogP contribution in [0.2, 0.25) is 0 Å². The van der Waals surface area contributed by atoms with Gasteiger partial charge in [-0.05, 0) is 36.2 Å². The van der Waals surface area contributed by atoms with Crippen molar-refractivity contribution in [1.29, 1.82) is 5.26 Å². The Morgan fingerprint density at radius 2 is 2.00 bits per heavy atom. The van der Waals surface area contributed by atoms with Crippen LogP contribution in [-0.2, 0) is 16.3 Å². The van der Waals surface area contributed by atoms with Gasteiger partial charge in [-0.25, -0.2) is 18.4 Å². The first-order valence-electron chi connectivity index (χ1n) is 9.19. The van der Waals surface area contributed by atoms with Crippen LogP contribution in [0.25, 0.3) is 28.2 Å². The first kappa shape index (κ1) is 19.6. The van der Waals surface area contributed by atoms with Crippen molar-refractivity contribution in [2.75, 3.05) is 12.0 Å². The molecule has 7 nitrogen and oxygen atoms in total. The van der Waals surface area contributed by atoms with Crippen molar-refractivity contribution >= 4 is 21.3 Å². The molecule has 2 N–H and O–H groups in total. The molecule has 0 aliphatic carbocycles. The summed E-state index contributed by atoms with van der Waals surface area (Å²) < 4.78 is 25.9. The number of nitrogens with two attached hydrogens (primary N) is 1. The van der Waals surface area contributed by atoms with Crippen molar-refractivity contribution in [1.82, 2.24) is 14.4 Å². The van der Waals surface area contributed by atoms with E-state index in [0.717, 1.165) is 27.9 Å². The van der Waals surface area contributed by atoms with Gasteiger partial charge in [-0.1, -0.05) is 24.3 Å². The molecule has 0 aliphatic rings. The molecule has 30 heavy (non-hydrogen) atoms. The second-order valence-corrected chi connectivity index (χ2v) is 9.15. The van der Waals surface area contributed by atoms with Gasteiger partial charge in [-0.2, -0.15) is 5.26 Å². The van der Waals surface area contributed by atoms with E-state index in [0.29, 0.717) is 17.8 Å². The van der Waals surface area contributed by atoms with E-state index in [4.69, 9.17) is 11.0 Å². The molecule has 0 unspecified atom stereocenters. The van der Waals surface area contributed by atoms with E-state index >= 15 is 0 Å². The van der Waals surface area contributed by atoms with Crippen LogP contribution in [0.15, 0.2) is 59.8 Å². The highest BCUT2D eigenvalue weighted by atomic mass is 32.2. The summed E-state index contributed by atoms with van der Waals surface area (Å²) in [6, 6.07) is 14.7. The fraction of sp³-hybridized carbons (Fsp3) is 0.136. The fourth-order valence-electron chi connectivity index (χ4n) is 3.39. The zero-order valence-electron chi connectivity index (χ0n) is 16.5. The lowest BCUT2D eigenvalue weighted by Gasteiger charge is -2.10. The molecular formula is C22H19N5O2S. The van der Waals surface area contributed by atoms with E-state index in [-0.39, 0.29) is 10.7 Å². The van der Waals surface area contributed by atoms with Crippen LogP contribution in [0.3, 0.4) is 0 Å². The number of imidazole rings is 1. The number of anilines is 1. The predicted octanol–water partition coefficient (Wildman–Crippen LogP) is 3.42. The number of hydrogen-bond acceptors (Lipinski definition) is 6. The Morgan fingerprint density at radius 1 is 1.20 bits per heavy atom. The van der Waals surface area contributed by atoms with Crippen molar-refractivity contribution in [3.63, 3.8) is 0 Å². The maximum absolute atomic E-state index is 12.0. The number of aromatic nitrogens is 3. The summed E-state index contributed by atoms with van der Waals surface area (Å²) in [6.45, 7) is 1.91. The molecule has 0 bridgehead atoms. The highest BCUT2D eigenvalue weighted by Crippen LogP contribution is 2.30. The maximum atomic E-state index is 12.0. The lowest BCUT2D eigenvalue weighted by atomic mass is 10.1. The van der Waals surface area contributed by atoms with Crippen LogP contribution >= 0.6 is 0 Å². The van der Waals surface area contributed by atoms with E-state index in [1.807, 2.05) is 41.8 Å². The topological polar surface area (TPSA) is 114 Å². The molecule has 0 spiro atoms. The smallest absolute Gasteiger partial charge is 0.180 e. The molecule has 2 aromatic heterocycles. The summed E-state index contributed by atoms with van der Waals surface area (Å²) in [5.41, 5.74) is 11.4. The summed E-state index contributed by atoms with van der Waals surface area (Å²) in [6.07, 6.45) is 4.98. The van der Waals surface area contributed by atoms with Crippen molar-refractivity contribution in [2.45, 2.75) is 18.2 Å². The number of rotatable bonds is 4. The van der Waals surface area contributed by atoms with E-state index in [2.05, 4.69) is 16.0 Å². The van der Waals surface area contributed by atoms with Crippen LogP contribution in [0.1, 0.15) is 11.1 Å². The molecule has 2 aromatic carbocycles. The lowest BCUT2D eigenvalue weighted by molar-refractivity contribution is 0.602. The van der Waals surface area contributed by atoms with Gasteiger partial charge in [0.25, 0.3) is 0 Å². The van der Waals surface area contributed by atoms with E-state index in [9.17, 15) is 8.42 Å². The largest absolute Gasteiger partial charge is 0.381 e. The van der Waals surface area contributed by atoms with Crippen LogP contribution in [0, 0.1) is 18.3 Å². The number of aryl methyl sites for hydroxylation is 1. The molecular weight excluding hydrogens is 398 g/mol. The van der Waals surface area contributed by atoms with Gasteiger partial charge in [0.15, 0.2) is 21.3 Å². The second kappa shape index (κ2) is 7.28. The number of nitriles is 1. The Bertz CT molecular complexity index is 1430. The van der Waals surface area contributed by atoms with Crippen molar-refractivity contribution in [2.24, 2.45) is 0 Å². The van der Waals surface area contributed by atoms with Gasteiger partial charge in [0.05, 0.1) is 35.0 Å². The second-order valence-electron chi connectivity index (χ2n) is 7.13. The molecule has 0 fully saturated rings. The van der Waals surface area contributed by atoms with Crippen molar-refractivity contribution < 1.29 is 8.42 Å². The molecule has 4 rings (SSSR count). The quantitative estimate of drug-likeness (QED) is 0.544. The minimum Gasteiger partial charge on any atom is -0.381 e. The van der Waals surface area contributed by atoms with Gasteiger partial charge in [0.1, 0.15) is 0 Å². The third kappa shape index (κ3) is 3.51. The summed E-state index contributed by atoms with van der Waals surface area (Å²) >= 11 is 0. The zero-order chi connectivity index (χ0) is 21.5. The van der Waals surface area contributed by atoms with Crippen molar-refractivity contribution in [3.8, 4) is 28.6 Å². The van der Waals surface area contributed by atoms with Gasteiger partial charge < -0.3 is 5.73 Å². The van der Waals surface area contributed by atoms with Crippen LogP contribution in [0.5, 0.6) is 0 Å². The molecule has 0 saturated carbocycles. The Balaban J connectivity index is 1.93. The molecule has 0 amide bonds. The number of sulfone groups is 1. The molecule has 0 atom stereocenters. The van der Waals surface area contributed by atoms with Crippen LogP contribution < -0.4 is 5.73 Å². The van der Waals surface area contributed by atoms with Crippen LogP contribution in [0.4, 0.5) is 5.82 Å². The predicted molar refractivity (Wildman–Crippen MR) is 115 cm³/mol. The van der Waals surface area contributed by atoms with Crippen molar-refractivity contribution in [3.05, 3.63) is 66.0 Å². The highest BCUT2D eigenvalue weighted by molar-refractivity contribution is 7.90. The number of nitrogen functional groups attached to an aromatic ring is 1. The standard InChI is InChI=1S/C22H19N5O2S/c1-14-6-7-17(30(2,28)29)11-18(14)20-12-25-22-21(24)26-19(13-27(20)22)16-5-3-4-15(10-16)8-9-23/h3-7,10-13H,8H2,1-2H3,(H2,24,26). The monoisotopic (exact) mass is 417 g/mol. The first-order valence-corrected chi connectivity index (χ1v) is 11.1. The third-order valence-corrected chi connectivity index (χ3v) is 6.05. The normalized spacial score (nSPS) is 11.5. The van der Waals surface area contributed by atoms with Gasteiger partial charge in [0, 0.05) is 23.6 Å². The van der Waals surface area contributed by atoms with Gasteiger partial charge >= 0.3 is 0 Å². The Hall–Kier alpha value is -3.70. The Kier molecular flexibility index (Phi) is 4.76. The molecule has 150 valence electrons. The first-order chi connectivity index (χ1) is 14.3. The third-order valence-electron chi connectivity index (χ3n) is 4.94. The van der Waals surface area contributed by atoms with Gasteiger partial charge in [0.2, 0.25) is 0 Å². The number of nitrogens with zero attached hydrogens (tertiary/aromatic N) is 4. The minimum absolute atomic E-state index is 0.240. The lowest BCUT2D eigenvalue weighted by Crippen LogP contribution is -2.02. The zero-order valence-corrected chi connectivity index (χ0v) is 17.3. The Labute approximate surface area is 174 Å². The average molecular weight is 417 g/mol. The summed E-state index contributed by atoms with van der Waals surface area (Å²) in [7, 11) is -3.35.